The van der Waals surface area contributed by atoms with Crippen molar-refractivity contribution in [1.82, 2.24) is 0 Å². The number of aryl methyl sites for hydroxylation is 1. The van der Waals surface area contributed by atoms with Crippen molar-refractivity contribution in [3.8, 4) is 5.75 Å². The molecule has 2 aliphatic heterocycles. The number of para-hydroxylation sites is 1. The minimum atomic E-state index is -0.0458. The SMILES string of the molecule is O=C(C1CCOC1)N1CCCc2cccc(O)c21. The molecule has 0 spiro atoms. The van der Waals surface area contributed by atoms with Crippen LogP contribution in [0.3, 0.4) is 0 Å². The van der Waals surface area contributed by atoms with Gasteiger partial charge in [-0.25, -0.2) is 0 Å². The van der Waals surface area contributed by atoms with Crippen LogP contribution in [-0.2, 0) is 16.0 Å². The summed E-state index contributed by atoms with van der Waals surface area (Å²) in [7, 11) is 0. The Labute approximate surface area is 106 Å². The van der Waals surface area contributed by atoms with Gasteiger partial charge in [0.2, 0.25) is 5.91 Å². The van der Waals surface area contributed by atoms with Gasteiger partial charge in [-0.05, 0) is 30.9 Å². The standard InChI is InChI=1S/C14H17NO3/c16-12-5-1-3-10-4-2-7-15(13(10)12)14(17)11-6-8-18-9-11/h1,3,5,11,16H,2,4,6-9H2. The summed E-state index contributed by atoms with van der Waals surface area (Å²) in [6, 6.07) is 5.47. The quantitative estimate of drug-likeness (QED) is 0.822. The van der Waals surface area contributed by atoms with E-state index >= 15 is 0 Å². The zero-order chi connectivity index (χ0) is 12.5. The molecule has 0 saturated carbocycles. The molecule has 2 aliphatic rings. The predicted octanol–water partition coefficient (Wildman–Crippen LogP) is 1.71. The second kappa shape index (κ2) is 4.61. The van der Waals surface area contributed by atoms with Gasteiger partial charge in [0, 0.05) is 13.2 Å². The Bertz CT molecular complexity index is 466. The van der Waals surface area contributed by atoms with Gasteiger partial charge in [-0.15, -0.1) is 0 Å². The molecular formula is C14H17NO3. The lowest BCUT2D eigenvalue weighted by atomic mass is 9.98. The number of phenolic OH excluding ortho intramolecular Hbond substituents is 1. The highest BCUT2D eigenvalue weighted by atomic mass is 16.5. The summed E-state index contributed by atoms with van der Waals surface area (Å²) in [5.74, 6) is 0.255. The molecule has 0 bridgehead atoms. The van der Waals surface area contributed by atoms with Gasteiger partial charge in [-0.1, -0.05) is 12.1 Å². The molecule has 4 nitrogen and oxygen atoms in total. The molecule has 0 aromatic heterocycles. The van der Waals surface area contributed by atoms with E-state index in [2.05, 4.69) is 0 Å². The van der Waals surface area contributed by atoms with Gasteiger partial charge in [0.15, 0.2) is 0 Å². The van der Waals surface area contributed by atoms with E-state index in [0.717, 1.165) is 24.8 Å². The molecule has 0 radical (unpaired) electrons. The van der Waals surface area contributed by atoms with Gasteiger partial charge >= 0.3 is 0 Å². The Hall–Kier alpha value is -1.55. The second-order valence-electron chi connectivity index (χ2n) is 4.94. The van der Waals surface area contributed by atoms with Gasteiger partial charge in [0.05, 0.1) is 18.2 Å². The molecule has 1 fully saturated rings. The lowest BCUT2D eigenvalue weighted by Crippen LogP contribution is -2.40. The fraction of sp³-hybridized carbons (Fsp3) is 0.500. The molecule has 1 aromatic rings. The Morgan fingerprint density at radius 3 is 3.11 bits per heavy atom. The summed E-state index contributed by atoms with van der Waals surface area (Å²) in [4.78, 5) is 14.2. The van der Waals surface area contributed by atoms with Crippen molar-refractivity contribution in [3.63, 3.8) is 0 Å². The summed E-state index contributed by atoms with van der Waals surface area (Å²) >= 11 is 0. The number of carbonyl (C=O) groups excluding carboxylic acids is 1. The summed E-state index contributed by atoms with van der Waals surface area (Å²) in [5.41, 5.74) is 1.77. The number of fused-ring (bicyclic) bond motifs is 1. The number of nitrogens with zero attached hydrogens (tertiary/aromatic N) is 1. The number of hydrogen-bond acceptors (Lipinski definition) is 3. The molecule has 1 amide bonds. The van der Waals surface area contributed by atoms with Crippen LogP contribution in [-0.4, -0.2) is 30.8 Å². The molecule has 1 unspecified atom stereocenters. The summed E-state index contributed by atoms with van der Waals surface area (Å²) in [6.45, 7) is 1.87. The van der Waals surface area contributed by atoms with Crippen LogP contribution in [0.1, 0.15) is 18.4 Å². The highest BCUT2D eigenvalue weighted by molar-refractivity contribution is 5.97. The van der Waals surface area contributed by atoms with Crippen LogP contribution in [0.15, 0.2) is 18.2 Å². The topological polar surface area (TPSA) is 49.8 Å². The minimum absolute atomic E-state index is 0.0458. The molecule has 3 rings (SSSR count). The first kappa shape index (κ1) is 11.5. The van der Waals surface area contributed by atoms with Crippen molar-refractivity contribution in [3.05, 3.63) is 23.8 Å². The van der Waals surface area contributed by atoms with Crippen molar-refractivity contribution < 1.29 is 14.6 Å². The van der Waals surface area contributed by atoms with E-state index < -0.39 is 0 Å². The average Bonchev–Trinajstić information content (AvgIpc) is 2.91. The van der Waals surface area contributed by atoms with E-state index in [1.807, 2.05) is 12.1 Å². The molecule has 1 atom stereocenters. The number of hydrogen-bond donors (Lipinski definition) is 1. The minimum Gasteiger partial charge on any atom is -0.506 e. The van der Waals surface area contributed by atoms with Gasteiger partial charge in [0.1, 0.15) is 5.75 Å². The van der Waals surface area contributed by atoms with E-state index in [1.165, 1.54) is 0 Å². The number of benzene rings is 1. The number of phenols is 1. The number of anilines is 1. The van der Waals surface area contributed by atoms with Gasteiger partial charge in [-0.3, -0.25) is 4.79 Å². The average molecular weight is 247 g/mol. The van der Waals surface area contributed by atoms with E-state index in [0.29, 0.717) is 25.4 Å². The van der Waals surface area contributed by atoms with E-state index in [9.17, 15) is 9.90 Å². The number of aromatic hydroxyl groups is 1. The maximum atomic E-state index is 12.5. The van der Waals surface area contributed by atoms with Crippen molar-refractivity contribution in [2.75, 3.05) is 24.7 Å². The van der Waals surface area contributed by atoms with Gasteiger partial charge in [0.25, 0.3) is 0 Å². The second-order valence-corrected chi connectivity index (χ2v) is 4.94. The van der Waals surface area contributed by atoms with Crippen LogP contribution in [0.2, 0.25) is 0 Å². The molecular weight excluding hydrogens is 230 g/mol. The number of ether oxygens (including phenoxy) is 1. The Kier molecular flexibility index (Phi) is 2.96. The van der Waals surface area contributed by atoms with Crippen LogP contribution in [0.4, 0.5) is 5.69 Å². The molecule has 18 heavy (non-hydrogen) atoms. The van der Waals surface area contributed by atoms with Gasteiger partial charge < -0.3 is 14.7 Å². The molecule has 96 valence electrons. The first-order valence-corrected chi connectivity index (χ1v) is 6.47. The molecule has 1 N–H and O–H groups in total. The smallest absolute Gasteiger partial charge is 0.232 e. The first-order valence-electron chi connectivity index (χ1n) is 6.47. The summed E-state index contributed by atoms with van der Waals surface area (Å²) < 4.78 is 5.28. The number of amides is 1. The highest BCUT2D eigenvalue weighted by Gasteiger charge is 2.32. The van der Waals surface area contributed by atoms with Crippen molar-refractivity contribution >= 4 is 11.6 Å². The van der Waals surface area contributed by atoms with Crippen molar-refractivity contribution in [2.45, 2.75) is 19.3 Å². The third kappa shape index (κ3) is 1.86. The van der Waals surface area contributed by atoms with Crippen LogP contribution in [0, 0.1) is 5.92 Å². The summed E-state index contributed by atoms with van der Waals surface area (Å²) in [5, 5.41) is 9.99. The summed E-state index contributed by atoms with van der Waals surface area (Å²) in [6.07, 6.45) is 2.67. The Morgan fingerprint density at radius 1 is 1.44 bits per heavy atom. The lowest BCUT2D eigenvalue weighted by Gasteiger charge is -2.31. The molecule has 1 aromatic carbocycles. The highest BCUT2D eigenvalue weighted by Crippen LogP contribution is 2.36. The van der Waals surface area contributed by atoms with E-state index in [1.54, 1.807) is 11.0 Å². The largest absolute Gasteiger partial charge is 0.506 e. The van der Waals surface area contributed by atoms with E-state index in [-0.39, 0.29) is 17.6 Å². The molecule has 1 saturated heterocycles. The normalized spacial score (nSPS) is 22.9. The van der Waals surface area contributed by atoms with Crippen LogP contribution < -0.4 is 4.90 Å². The maximum Gasteiger partial charge on any atom is 0.232 e. The Balaban J connectivity index is 1.93. The first-order chi connectivity index (χ1) is 8.77. The zero-order valence-corrected chi connectivity index (χ0v) is 10.3. The number of rotatable bonds is 1. The maximum absolute atomic E-state index is 12.5. The molecule has 0 aliphatic carbocycles. The molecule has 4 heteroatoms. The molecule has 2 heterocycles. The number of carbonyl (C=O) groups is 1. The van der Waals surface area contributed by atoms with Crippen molar-refractivity contribution in [2.24, 2.45) is 5.92 Å². The van der Waals surface area contributed by atoms with Crippen LogP contribution in [0.5, 0.6) is 5.75 Å². The third-order valence-electron chi connectivity index (χ3n) is 3.74. The monoisotopic (exact) mass is 247 g/mol. The van der Waals surface area contributed by atoms with Gasteiger partial charge in [-0.2, -0.15) is 0 Å². The fourth-order valence-electron chi connectivity index (χ4n) is 2.80. The fourth-order valence-corrected chi connectivity index (χ4v) is 2.80. The zero-order valence-electron chi connectivity index (χ0n) is 10.3. The van der Waals surface area contributed by atoms with E-state index in [4.69, 9.17) is 4.74 Å². The van der Waals surface area contributed by atoms with Crippen LogP contribution in [0.25, 0.3) is 0 Å². The third-order valence-corrected chi connectivity index (χ3v) is 3.74. The van der Waals surface area contributed by atoms with Crippen molar-refractivity contribution in [1.29, 1.82) is 0 Å². The van der Waals surface area contributed by atoms with Crippen LogP contribution >= 0.6 is 0 Å². The lowest BCUT2D eigenvalue weighted by molar-refractivity contribution is -0.122. The predicted molar refractivity (Wildman–Crippen MR) is 67.7 cm³/mol. The Morgan fingerprint density at radius 2 is 2.33 bits per heavy atom.